The zero-order valence-corrected chi connectivity index (χ0v) is 21.1. The van der Waals surface area contributed by atoms with Crippen LogP contribution in [0.2, 0.25) is 0 Å². The van der Waals surface area contributed by atoms with Gasteiger partial charge in [-0.15, -0.1) is 35.3 Å². The van der Waals surface area contributed by atoms with Gasteiger partial charge in [-0.05, 0) is 54.8 Å². The van der Waals surface area contributed by atoms with Crippen LogP contribution in [0.25, 0.3) is 0 Å². The van der Waals surface area contributed by atoms with Crippen molar-refractivity contribution in [1.29, 1.82) is 0 Å². The smallest absolute Gasteiger partial charge is 0.251 e. The molecule has 180 valence electrons. The summed E-state index contributed by atoms with van der Waals surface area (Å²) in [6.45, 7) is 4.05. The molecule has 9 heteroatoms. The molecule has 6 nitrogen and oxygen atoms in total. The average molecular weight is 520 g/mol. The fourth-order valence-electron chi connectivity index (χ4n) is 3.93. The molecule has 1 aliphatic rings. The van der Waals surface area contributed by atoms with Crippen molar-refractivity contribution in [2.45, 2.75) is 19.0 Å². The van der Waals surface area contributed by atoms with E-state index in [0.717, 1.165) is 23.7 Å². The predicted octanol–water partition coefficient (Wildman–Crippen LogP) is 5.10. The molecule has 0 aliphatic carbocycles. The first kappa shape index (κ1) is 26.0. The molecule has 3 aromatic rings. The van der Waals surface area contributed by atoms with E-state index in [-0.39, 0.29) is 36.1 Å². The zero-order chi connectivity index (χ0) is 23.2. The van der Waals surface area contributed by atoms with Gasteiger partial charge in [0, 0.05) is 36.2 Å². The number of para-hydroxylation sites is 1. The third kappa shape index (κ3) is 5.91. The van der Waals surface area contributed by atoms with Gasteiger partial charge in [0.15, 0.2) is 0 Å². The van der Waals surface area contributed by atoms with E-state index in [2.05, 4.69) is 5.32 Å². The summed E-state index contributed by atoms with van der Waals surface area (Å²) >= 11 is 7.47. The van der Waals surface area contributed by atoms with E-state index < -0.39 is 6.04 Å². The highest BCUT2D eigenvalue weighted by Crippen LogP contribution is 2.34. The summed E-state index contributed by atoms with van der Waals surface area (Å²) < 4.78 is 5.88. The number of carbonyl (C=O) groups excluding carboxylic acids is 2. The molecule has 34 heavy (non-hydrogen) atoms. The highest BCUT2D eigenvalue weighted by Gasteiger charge is 2.37. The molecule has 1 aromatic heterocycles. The van der Waals surface area contributed by atoms with Crippen LogP contribution in [0.4, 0.5) is 5.69 Å². The van der Waals surface area contributed by atoms with Crippen LogP contribution in [0.5, 0.6) is 11.5 Å². The minimum absolute atomic E-state index is 0. The first-order valence-corrected chi connectivity index (χ1v) is 12.3. The number of thiophene rings is 1. The van der Waals surface area contributed by atoms with Gasteiger partial charge < -0.3 is 15.0 Å². The molecule has 1 saturated heterocycles. The van der Waals surface area contributed by atoms with E-state index in [0.29, 0.717) is 18.0 Å². The monoisotopic (exact) mass is 519 g/mol. The Morgan fingerprint density at radius 2 is 1.82 bits per heavy atom. The summed E-state index contributed by atoms with van der Waals surface area (Å²) in [4.78, 5) is 31.0. The molecule has 1 aliphatic heterocycles. The number of anilines is 1. The summed E-state index contributed by atoms with van der Waals surface area (Å²) in [7, 11) is 0. The predicted molar refractivity (Wildman–Crippen MR) is 140 cm³/mol. The third-order valence-electron chi connectivity index (χ3n) is 5.57. The fraction of sp³-hybridized carbons (Fsp3) is 0.280. The first-order chi connectivity index (χ1) is 16.1. The number of hydrogen-bond acceptors (Lipinski definition) is 5. The van der Waals surface area contributed by atoms with E-state index in [9.17, 15) is 9.59 Å². The Balaban J connectivity index is 0.00000324. The summed E-state index contributed by atoms with van der Waals surface area (Å²) in [6.07, 6.45) is 0. The van der Waals surface area contributed by atoms with Crippen molar-refractivity contribution in [3.63, 3.8) is 0 Å². The lowest BCUT2D eigenvalue weighted by Crippen LogP contribution is -2.56. The zero-order valence-electron chi connectivity index (χ0n) is 18.7. The second-order valence-corrected chi connectivity index (χ2v) is 9.06. The number of piperazine rings is 1. The van der Waals surface area contributed by atoms with Crippen LogP contribution in [-0.4, -0.2) is 48.3 Å². The van der Waals surface area contributed by atoms with Crippen LogP contribution in [0.15, 0.2) is 72.1 Å². The van der Waals surface area contributed by atoms with Crippen LogP contribution in [0.1, 0.15) is 17.8 Å². The quantitative estimate of drug-likeness (QED) is 0.441. The Hall–Kier alpha value is -2.58. The van der Waals surface area contributed by atoms with Crippen molar-refractivity contribution in [3.05, 3.63) is 77.0 Å². The lowest BCUT2D eigenvalue weighted by atomic mass is 10.1. The minimum atomic E-state index is -0.780. The van der Waals surface area contributed by atoms with Crippen LogP contribution >= 0.6 is 35.3 Å². The molecular formula is C25H27Cl2N3O3S. The maximum absolute atomic E-state index is 13.8. The van der Waals surface area contributed by atoms with Crippen molar-refractivity contribution in [2.75, 3.05) is 30.4 Å². The third-order valence-corrected chi connectivity index (χ3v) is 6.72. The highest BCUT2D eigenvalue weighted by atomic mass is 35.5. The first-order valence-electron chi connectivity index (χ1n) is 10.8. The summed E-state index contributed by atoms with van der Waals surface area (Å²) in [5, 5.41) is 5.22. The van der Waals surface area contributed by atoms with E-state index in [4.69, 9.17) is 16.3 Å². The Labute approximate surface area is 214 Å². The van der Waals surface area contributed by atoms with Crippen molar-refractivity contribution < 1.29 is 14.3 Å². The Bertz CT molecular complexity index is 1060. The maximum Gasteiger partial charge on any atom is 0.251 e. The van der Waals surface area contributed by atoms with Gasteiger partial charge in [0.2, 0.25) is 5.91 Å². The van der Waals surface area contributed by atoms with Gasteiger partial charge in [0.05, 0.1) is 0 Å². The average Bonchev–Trinajstić information content (AvgIpc) is 3.38. The standard InChI is InChI=1S/C25H26ClN3O3S.ClH/c1-18-17-27-13-14-28(18)25(31)24(22-8-5-15-33-22)29(23(30)16-26)19-9-11-21(12-10-19)32-20-6-3-2-4-7-20;/h2-12,15,18,24,27H,13-14,16-17H2,1H3;1H/t18-,24?;/m1./s1. The Morgan fingerprint density at radius 1 is 1.12 bits per heavy atom. The van der Waals surface area contributed by atoms with E-state index >= 15 is 0 Å². The number of hydrogen-bond donors (Lipinski definition) is 1. The van der Waals surface area contributed by atoms with Crippen LogP contribution in [0.3, 0.4) is 0 Å². The molecule has 0 bridgehead atoms. The molecular weight excluding hydrogens is 493 g/mol. The fourth-order valence-corrected chi connectivity index (χ4v) is 4.87. The number of benzene rings is 2. The lowest BCUT2D eigenvalue weighted by molar-refractivity contribution is -0.137. The number of ether oxygens (including phenoxy) is 1. The number of rotatable bonds is 7. The largest absolute Gasteiger partial charge is 0.457 e. The molecule has 2 heterocycles. The summed E-state index contributed by atoms with van der Waals surface area (Å²) in [5.74, 6) is 0.697. The number of nitrogens with zero attached hydrogens (tertiary/aromatic N) is 2. The molecule has 0 spiro atoms. The van der Waals surface area contributed by atoms with E-state index in [1.54, 1.807) is 24.3 Å². The van der Waals surface area contributed by atoms with Gasteiger partial charge in [-0.2, -0.15) is 0 Å². The number of alkyl halides is 1. The minimum Gasteiger partial charge on any atom is -0.457 e. The summed E-state index contributed by atoms with van der Waals surface area (Å²) in [6, 6.07) is 19.7. The van der Waals surface area contributed by atoms with Gasteiger partial charge in [-0.1, -0.05) is 24.3 Å². The molecule has 0 radical (unpaired) electrons. The number of halogens is 2. The lowest BCUT2D eigenvalue weighted by Gasteiger charge is -2.39. The second kappa shape index (κ2) is 12.2. The SMILES string of the molecule is C[C@@H]1CNCCN1C(=O)C(c1cccs1)N(C(=O)CCl)c1ccc(Oc2ccccc2)cc1.Cl. The Morgan fingerprint density at radius 3 is 2.44 bits per heavy atom. The van der Waals surface area contributed by atoms with Crippen LogP contribution < -0.4 is 15.0 Å². The molecule has 2 aromatic carbocycles. The van der Waals surface area contributed by atoms with Crippen molar-refractivity contribution in [1.82, 2.24) is 10.2 Å². The molecule has 2 atom stereocenters. The van der Waals surface area contributed by atoms with Crippen LogP contribution in [-0.2, 0) is 9.59 Å². The number of carbonyl (C=O) groups is 2. The summed E-state index contributed by atoms with van der Waals surface area (Å²) in [5.41, 5.74) is 0.593. The molecule has 4 rings (SSSR count). The van der Waals surface area contributed by atoms with Crippen molar-refractivity contribution in [3.8, 4) is 11.5 Å². The van der Waals surface area contributed by atoms with Gasteiger partial charge in [0.1, 0.15) is 23.4 Å². The van der Waals surface area contributed by atoms with E-state index in [1.165, 1.54) is 16.2 Å². The molecule has 0 saturated carbocycles. The van der Waals surface area contributed by atoms with Gasteiger partial charge in [0.25, 0.3) is 5.91 Å². The molecule has 1 unspecified atom stereocenters. The molecule has 1 fully saturated rings. The molecule has 2 amide bonds. The Kier molecular flexibility index (Phi) is 9.36. The maximum atomic E-state index is 13.8. The van der Waals surface area contributed by atoms with Crippen molar-refractivity contribution >= 4 is 52.8 Å². The van der Waals surface area contributed by atoms with Gasteiger partial charge in [-0.25, -0.2) is 0 Å². The van der Waals surface area contributed by atoms with Gasteiger partial charge in [-0.3, -0.25) is 14.5 Å². The normalized spacial score (nSPS) is 16.3. The highest BCUT2D eigenvalue weighted by molar-refractivity contribution is 7.10. The number of amides is 2. The van der Waals surface area contributed by atoms with Crippen LogP contribution in [0, 0.1) is 0 Å². The topological polar surface area (TPSA) is 61.9 Å². The second-order valence-electron chi connectivity index (χ2n) is 7.81. The van der Waals surface area contributed by atoms with Gasteiger partial charge >= 0.3 is 0 Å². The van der Waals surface area contributed by atoms with Crippen molar-refractivity contribution in [2.24, 2.45) is 0 Å². The van der Waals surface area contributed by atoms with E-state index in [1.807, 2.05) is 59.7 Å². The molecule has 1 N–H and O–H groups in total. The number of nitrogens with one attached hydrogen (secondary N) is 1.